The number of ether oxygens (including phenoxy) is 3. The molecule has 0 unspecified atom stereocenters. The van der Waals surface area contributed by atoms with Gasteiger partial charge in [-0.05, 0) is 84.2 Å². The Morgan fingerprint density at radius 3 is 1.84 bits per heavy atom. The highest BCUT2D eigenvalue weighted by atomic mass is 32.2. The van der Waals surface area contributed by atoms with Crippen molar-refractivity contribution in [2.75, 3.05) is 45.0 Å². The number of nitrogens with zero attached hydrogens (tertiary/aromatic N) is 2. The fraction of sp³-hybridized carbons (Fsp3) is 0.646. The Morgan fingerprint density at radius 2 is 1.28 bits per heavy atom. The van der Waals surface area contributed by atoms with E-state index in [9.17, 15) is 19.2 Å². The second-order valence-electron chi connectivity index (χ2n) is 19.6. The minimum absolute atomic E-state index is 0.0237. The van der Waals surface area contributed by atoms with E-state index in [1.54, 1.807) is 23.5 Å². The van der Waals surface area contributed by atoms with Crippen LogP contribution in [0.3, 0.4) is 0 Å². The van der Waals surface area contributed by atoms with Crippen LogP contribution in [0.5, 0.6) is 0 Å². The van der Waals surface area contributed by atoms with Gasteiger partial charge in [-0.3, -0.25) is 19.2 Å². The summed E-state index contributed by atoms with van der Waals surface area (Å²) in [6.07, 6.45) is 4.19. The van der Waals surface area contributed by atoms with E-state index in [1.807, 2.05) is 54.1 Å². The molecule has 13 nitrogen and oxygen atoms in total. The summed E-state index contributed by atoms with van der Waals surface area (Å²) in [5, 5.41) is 13.1. The monoisotopic (exact) mass is 934 g/mol. The van der Waals surface area contributed by atoms with E-state index in [0.29, 0.717) is 57.1 Å². The summed E-state index contributed by atoms with van der Waals surface area (Å²) in [5.74, 6) is 1.41. The van der Waals surface area contributed by atoms with Crippen molar-refractivity contribution >= 4 is 64.4 Å². The number of likely N-dealkylation sites (N-methyl/N-ethyl adjacent to an activating group) is 1. The number of nitrogens with one attached hydrogen (secondary N) is 4. The molecule has 2 aromatic rings. The lowest BCUT2D eigenvalue weighted by molar-refractivity contribution is -0.143. The Balaban J connectivity index is 0.853. The Bertz CT molecular complexity index is 2070. The molecule has 0 aromatic heterocycles. The molecule has 2 aliphatic carbocycles. The first-order valence-electron chi connectivity index (χ1n) is 23.1. The molecular formula is C48H66N6O7S3. The van der Waals surface area contributed by atoms with E-state index >= 15 is 0 Å². The molecule has 6 aliphatic rings. The summed E-state index contributed by atoms with van der Waals surface area (Å²) in [6.45, 7) is 11.6. The van der Waals surface area contributed by atoms with Crippen molar-refractivity contribution in [3.63, 3.8) is 0 Å². The predicted octanol–water partition coefficient (Wildman–Crippen LogP) is 5.06. The average Bonchev–Trinajstić information content (AvgIpc) is 3.89. The number of thiocarbonyl (C=S) groups is 1. The lowest BCUT2D eigenvalue weighted by atomic mass is 9.83. The van der Waals surface area contributed by atoms with Crippen LogP contribution in [0.15, 0.2) is 48.5 Å². The van der Waals surface area contributed by atoms with Crippen molar-refractivity contribution in [2.24, 2.45) is 10.8 Å². The molecule has 0 radical (unpaired) electrons. The van der Waals surface area contributed by atoms with Crippen molar-refractivity contribution in [3.05, 3.63) is 70.8 Å². The summed E-state index contributed by atoms with van der Waals surface area (Å²) >= 11 is 9.16. The Labute approximate surface area is 392 Å². The van der Waals surface area contributed by atoms with E-state index in [1.165, 1.54) is 0 Å². The van der Waals surface area contributed by atoms with Gasteiger partial charge in [0.1, 0.15) is 18.1 Å². The van der Waals surface area contributed by atoms with Gasteiger partial charge in [0.15, 0.2) is 0 Å². The fourth-order valence-corrected chi connectivity index (χ4v) is 14.2. The summed E-state index contributed by atoms with van der Waals surface area (Å²) in [6, 6.07) is 13.8. The van der Waals surface area contributed by atoms with Crippen molar-refractivity contribution in [2.45, 2.75) is 139 Å². The minimum atomic E-state index is -0.656. The Hall–Kier alpha value is -3.25. The lowest BCUT2D eigenvalue weighted by Crippen LogP contribution is -2.58. The molecule has 10 atom stereocenters. The molecule has 2 aromatic carbocycles. The van der Waals surface area contributed by atoms with Crippen LogP contribution < -0.4 is 21.3 Å². The number of fused-ring (bicyclic) bond motifs is 4. The number of carbonyl (C=O) groups excluding carboxylic acids is 4. The van der Waals surface area contributed by atoms with Gasteiger partial charge in [0, 0.05) is 19.3 Å². The van der Waals surface area contributed by atoms with Crippen LogP contribution in [-0.4, -0.2) is 131 Å². The van der Waals surface area contributed by atoms with E-state index in [2.05, 4.69) is 67.2 Å². The number of amides is 4. The van der Waals surface area contributed by atoms with Gasteiger partial charge in [0.25, 0.3) is 0 Å². The van der Waals surface area contributed by atoms with E-state index in [-0.39, 0.29) is 70.1 Å². The molecular weight excluding hydrogens is 869 g/mol. The quantitative estimate of drug-likeness (QED) is 0.140. The predicted molar refractivity (Wildman–Crippen MR) is 255 cm³/mol. The molecule has 348 valence electrons. The third-order valence-electron chi connectivity index (χ3n) is 14.2. The zero-order valence-corrected chi connectivity index (χ0v) is 40.5. The molecule has 0 bridgehead atoms. The summed E-state index contributed by atoms with van der Waals surface area (Å²) < 4.78 is 19.0. The third kappa shape index (κ3) is 9.75. The molecule has 4 amide bonds. The van der Waals surface area contributed by atoms with Gasteiger partial charge >= 0.3 is 0 Å². The highest BCUT2D eigenvalue weighted by Crippen LogP contribution is 2.48. The van der Waals surface area contributed by atoms with Crippen molar-refractivity contribution < 1.29 is 33.4 Å². The number of rotatable bonds is 15. The lowest BCUT2D eigenvalue weighted by Gasteiger charge is -2.35. The maximum absolute atomic E-state index is 14.6. The van der Waals surface area contributed by atoms with E-state index < -0.39 is 23.5 Å². The van der Waals surface area contributed by atoms with E-state index in [4.69, 9.17) is 26.4 Å². The second-order valence-corrected chi connectivity index (χ2v) is 22.6. The first-order valence-corrected chi connectivity index (χ1v) is 25.6. The smallest absolute Gasteiger partial charge is 0.246 e. The molecule has 64 heavy (non-hydrogen) atoms. The highest BCUT2D eigenvalue weighted by Gasteiger charge is 2.56. The SMILES string of the molecule is CN[C@@H](C)C(=S)N[C@H]1CCS[C@H]2CC(C)(C)[C@@H](C(=O)N[C@H]3c4ccccc4C[C@H]3OCCOCCO[C@H]3Cc4ccccc4[C@@H]3NC(=O)[C@H]3N4C(=O)CCCS[C@H]4CC3(C)C)N2C1=O. The minimum Gasteiger partial charge on any atom is -0.377 e. The second kappa shape index (κ2) is 19.9. The maximum Gasteiger partial charge on any atom is 0.246 e. The third-order valence-corrected chi connectivity index (χ3v) is 17.2. The number of carbonyl (C=O) groups is 4. The van der Waals surface area contributed by atoms with Gasteiger partial charge in [0.2, 0.25) is 23.6 Å². The topological polar surface area (TPSA) is 151 Å². The molecule has 0 spiro atoms. The number of hydrogen-bond donors (Lipinski definition) is 4. The first kappa shape index (κ1) is 47.3. The van der Waals surface area contributed by atoms with Crippen LogP contribution in [0.4, 0.5) is 0 Å². The van der Waals surface area contributed by atoms with Crippen molar-refractivity contribution in [3.8, 4) is 0 Å². The van der Waals surface area contributed by atoms with Crippen LogP contribution in [0.25, 0.3) is 0 Å². The normalized spacial score (nSPS) is 30.7. The van der Waals surface area contributed by atoms with Crippen molar-refractivity contribution in [1.29, 1.82) is 0 Å². The molecule has 4 aliphatic heterocycles. The van der Waals surface area contributed by atoms with Crippen LogP contribution in [0.2, 0.25) is 0 Å². The van der Waals surface area contributed by atoms with Crippen LogP contribution in [0, 0.1) is 10.8 Å². The van der Waals surface area contributed by atoms with Gasteiger partial charge in [-0.15, -0.1) is 23.5 Å². The van der Waals surface area contributed by atoms with Gasteiger partial charge in [-0.1, -0.05) is 88.4 Å². The van der Waals surface area contributed by atoms with Crippen LogP contribution in [0.1, 0.15) is 101 Å². The largest absolute Gasteiger partial charge is 0.377 e. The maximum atomic E-state index is 14.6. The molecule has 4 fully saturated rings. The zero-order chi connectivity index (χ0) is 45.3. The molecule has 4 N–H and O–H groups in total. The summed E-state index contributed by atoms with van der Waals surface area (Å²) in [5.41, 5.74) is 3.55. The fourth-order valence-electron chi connectivity index (χ4n) is 10.8. The molecule has 4 saturated heterocycles. The average molecular weight is 935 g/mol. The summed E-state index contributed by atoms with van der Waals surface area (Å²) in [4.78, 5) is 60.5. The van der Waals surface area contributed by atoms with Crippen LogP contribution >= 0.6 is 35.7 Å². The van der Waals surface area contributed by atoms with Gasteiger partial charge in [0.05, 0.1) is 72.5 Å². The Kier molecular flexibility index (Phi) is 14.7. The molecule has 16 heteroatoms. The number of hydrogen-bond acceptors (Lipinski definition) is 11. The van der Waals surface area contributed by atoms with Gasteiger partial charge < -0.3 is 45.3 Å². The standard InChI is InChI=1S/C48H66N6O7S3/c1-28(49-6)45(62)50-33-17-23-64-38-27-48(4,5)42(54(38)46(33)58)44(57)52-40-32-15-10-8-13-30(32)25-35(40)61-21-19-59-18-20-60-34-24-29-12-7-9-14-31(29)39(34)51-43(56)41-47(2,3)26-37-53(41)36(55)16-11-22-63-37/h7-10,12-15,28,33-35,37-42,49H,11,16-27H2,1-6H3,(H,50,62)(H,51,56)(H,52,57)/t28-,33-,34-,35+,37-,38-,39-,40-,41+,42+/m0/s1. The van der Waals surface area contributed by atoms with E-state index in [0.717, 1.165) is 53.0 Å². The van der Waals surface area contributed by atoms with Crippen LogP contribution in [-0.2, 0) is 46.2 Å². The first-order chi connectivity index (χ1) is 30.7. The zero-order valence-electron chi connectivity index (χ0n) is 38.1. The molecule has 4 heterocycles. The Morgan fingerprint density at radius 1 is 0.766 bits per heavy atom. The molecule has 8 rings (SSSR count). The number of thioether (sulfide) groups is 2. The number of benzene rings is 2. The van der Waals surface area contributed by atoms with Gasteiger partial charge in [-0.2, -0.15) is 0 Å². The van der Waals surface area contributed by atoms with Gasteiger partial charge in [-0.25, -0.2) is 0 Å². The molecule has 0 saturated carbocycles. The summed E-state index contributed by atoms with van der Waals surface area (Å²) in [7, 11) is 1.84. The highest BCUT2D eigenvalue weighted by molar-refractivity contribution is 8.00. The van der Waals surface area contributed by atoms with Crippen molar-refractivity contribution in [1.82, 2.24) is 31.1 Å².